The molecule has 2 heterocycles. The van der Waals surface area contributed by atoms with E-state index in [0.29, 0.717) is 17.3 Å². The fourth-order valence-corrected chi connectivity index (χ4v) is 3.96. The summed E-state index contributed by atoms with van der Waals surface area (Å²) in [6.45, 7) is 2.03. The second-order valence-electron chi connectivity index (χ2n) is 6.01. The standard InChI is InChI=1S/C16H17N3O2S/c1-10-2-6-12(7-3-10)19-15(17-16(20)11-4-5-11)13-8-22(21)9-14(13)18-19/h2-3,6-7,11H,4-5,8-9H2,1H3,(H,17,20). The van der Waals surface area contributed by atoms with Gasteiger partial charge in [0.25, 0.3) is 0 Å². The van der Waals surface area contributed by atoms with Crippen LogP contribution >= 0.6 is 0 Å². The Morgan fingerprint density at radius 3 is 2.68 bits per heavy atom. The third kappa shape index (κ3) is 2.37. The lowest BCUT2D eigenvalue weighted by Crippen LogP contribution is -2.17. The highest BCUT2D eigenvalue weighted by Gasteiger charge is 2.33. The summed E-state index contributed by atoms with van der Waals surface area (Å²) in [6, 6.07) is 8.02. The summed E-state index contributed by atoms with van der Waals surface area (Å²) in [5, 5.41) is 7.60. The van der Waals surface area contributed by atoms with E-state index in [1.54, 1.807) is 4.68 Å². The molecule has 1 atom stereocenters. The molecule has 22 heavy (non-hydrogen) atoms. The maximum Gasteiger partial charge on any atom is 0.228 e. The lowest BCUT2D eigenvalue weighted by Gasteiger charge is -2.11. The Morgan fingerprint density at radius 1 is 1.27 bits per heavy atom. The number of fused-ring (bicyclic) bond motifs is 1. The summed E-state index contributed by atoms with van der Waals surface area (Å²) < 4.78 is 13.6. The second kappa shape index (κ2) is 5.05. The van der Waals surface area contributed by atoms with Gasteiger partial charge in [0.1, 0.15) is 5.82 Å². The van der Waals surface area contributed by atoms with Crippen LogP contribution in [-0.2, 0) is 27.1 Å². The number of hydrogen-bond donors (Lipinski definition) is 1. The summed E-state index contributed by atoms with van der Waals surface area (Å²) >= 11 is 0. The third-order valence-corrected chi connectivity index (χ3v) is 5.34. The molecule has 2 aromatic rings. The molecular formula is C16H17N3O2S. The molecule has 1 aliphatic heterocycles. The summed E-state index contributed by atoms with van der Waals surface area (Å²) in [7, 11) is -0.904. The third-order valence-electron chi connectivity index (χ3n) is 4.14. The molecule has 4 rings (SSSR count). The maximum absolute atomic E-state index is 12.2. The topological polar surface area (TPSA) is 64.0 Å². The van der Waals surface area contributed by atoms with E-state index in [4.69, 9.17) is 0 Å². The molecule has 6 heteroatoms. The van der Waals surface area contributed by atoms with Crippen molar-refractivity contribution in [2.24, 2.45) is 5.92 Å². The van der Waals surface area contributed by atoms with Gasteiger partial charge < -0.3 is 5.32 Å². The van der Waals surface area contributed by atoms with Gasteiger partial charge in [0.05, 0.1) is 22.9 Å². The van der Waals surface area contributed by atoms with Gasteiger partial charge in [0.2, 0.25) is 5.91 Å². The van der Waals surface area contributed by atoms with Gasteiger partial charge in [-0.1, -0.05) is 17.7 Å². The van der Waals surface area contributed by atoms with E-state index in [1.165, 1.54) is 5.56 Å². The fraction of sp³-hybridized carbons (Fsp3) is 0.375. The van der Waals surface area contributed by atoms with E-state index in [-0.39, 0.29) is 11.8 Å². The van der Waals surface area contributed by atoms with Crippen LogP contribution in [0.5, 0.6) is 0 Å². The monoisotopic (exact) mass is 315 g/mol. The first-order valence-electron chi connectivity index (χ1n) is 7.45. The van der Waals surface area contributed by atoms with Crippen molar-refractivity contribution in [3.8, 4) is 5.69 Å². The Hall–Kier alpha value is -1.95. The first kappa shape index (κ1) is 13.7. The molecule has 0 bridgehead atoms. The van der Waals surface area contributed by atoms with Gasteiger partial charge in [0.15, 0.2) is 0 Å². The van der Waals surface area contributed by atoms with Crippen molar-refractivity contribution in [2.75, 3.05) is 5.32 Å². The van der Waals surface area contributed by atoms with Gasteiger partial charge in [-0.15, -0.1) is 0 Å². The van der Waals surface area contributed by atoms with Crippen molar-refractivity contribution < 1.29 is 9.00 Å². The molecule has 1 aliphatic carbocycles. The Bertz CT molecular complexity index is 775. The SMILES string of the molecule is Cc1ccc(-n2nc3c(c2NC(=O)C2CC2)CS(=O)C3)cc1. The quantitative estimate of drug-likeness (QED) is 0.945. The molecular weight excluding hydrogens is 298 g/mol. The number of rotatable bonds is 3. The first-order valence-corrected chi connectivity index (χ1v) is 8.94. The molecule has 1 N–H and O–H groups in total. The van der Waals surface area contributed by atoms with Gasteiger partial charge in [-0.25, -0.2) is 4.68 Å². The molecule has 1 saturated carbocycles. The van der Waals surface area contributed by atoms with Crippen molar-refractivity contribution in [3.63, 3.8) is 0 Å². The Kier molecular flexibility index (Phi) is 3.14. The van der Waals surface area contributed by atoms with Crippen LogP contribution in [0, 0.1) is 12.8 Å². The minimum atomic E-state index is -0.904. The highest BCUT2D eigenvalue weighted by Crippen LogP contribution is 2.34. The summed E-state index contributed by atoms with van der Waals surface area (Å²) in [4.78, 5) is 12.2. The van der Waals surface area contributed by atoms with E-state index >= 15 is 0 Å². The van der Waals surface area contributed by atoms with Gasteiger partial charge in [-0.3, -0.25) is 9.00 Å². The van der Waals surface area contributed by atoms with Crippen LogP contribution in [0.2, 0.25) is 0 Å². The highest BCUT2D eigenvalue weighted by atomic mass is 32.2. The number of nitrogens with one attached hydrogen (secondary N) is 1. The van der Waals surface area contributed by atoms with Crippen LogP contribution in [0.3, 0.4) is 0 Å². The predicted octanol–water partition coefficient (Wildman–Crippen LogP) is 2.29. The predicted molar refractivity (Wildman–Crippen MR) is 85.2 cm³/mol. The summed E-state index contributed by atoms with van der Waals surface area (Å²) in [5.41, 5.74) is 3.85. The normalized spacial score (nSPS) is 20.0. The molecule has 0 radical (unpaired) electrons. The van der Waals surface area contributed by atoms with Crippen LogP contribution in [-0.4, -0.2) is 19.9 Å². The summed E-state index contributed by atoms with van der Waals surface area (Å²) in [6.07, 6.45) is 1.91. The number of aryl methyl sites for hydroxylation is 1. The molecule has 1 aromatic heterocycles. The first-order chi connectivity index (χ1) is 10.6. The van der Waals surface area contributed by atoms with Crippen LogP contribution in [0.4, 0.5) is 5.82 Å². The zero-order valence-electron chi connectivity index (χ0n) is 12.3. The second-order valence-corrected chi connectivity index (χ2v) is 7.47. The molecule has 114 valence electrons. The number of aromatic nitrogens is 2. The zero-order valence-corrected chi connectivity index (χ0v) is 13.2. The molecule has 1 aromatic carbocycles. The molecule has 2 aliphatic rings. The number of carbonyl (C=O) groups is 1. The van der Waals surface area contributed by atoms with Crippen molar-refractivity contribution in [1.29, 1.82) is 0 Å². The van der Waals surface area contributed by atoms with Crippen LogP contribution < -0.4 is 5.32 Å². The van der Waals surface area contributed by atoms with E-state index in [0.717, 1.165) is 29.8 Å². The highest BCUT2D eigenvalue weighted by molar-refractivity contribution is 7.83. The van der Waals surface area contributed by atoms with Gasteiger partial charge in [-0.2, -0.15) is 5.10 Å². The lowest BCUT2D eigenvalue weighted by molar-refractivity contribution is -0.117. The maximum atomic E-state index is 12.2. The van der Waals surface area contributed by atoms with Crippen LogP contribution in [0.25, 0.3) is 5.69 Å². The molecule has 5 nitrogen and oxygen atoms in total. The Morgan fingerprint density at radius 2 is 2.00 bits per heavy atom. The number of anilines is 1. The average Bonchev–Trinajstić information content (AvgIpc) is 3.21. The van der Waals surface area contributed by atoms with Gasteiger partial charge >= 0.3 is 0 Å². The Labute approximate surface area is 131 Å². The molecule has 1 fully saturated rings. The largest absolute Gasteiger partial charge is 0.310 e. The lowest BCUT2D eigenvalue weighted by atomic mass is 10.2. The van der Waals surface area contributed by atoms with Crippen molar-refractivity contribution in [3.05, 3.63) is 41.1 Å². The van der Waals surface area contributed by atoms with E-state index in [9.17, 15) is 9.00 Å². The molecule has 1 unspecified atom stereocenters. The zero-order chi connectivity index (χ0) is 15.3. The van der Waals surface area contributed by atoms with Crippen molar-refractivity contribution in [2.45, 2.75) is 31.3 Å². The van der Waals surface area contributed by atoms with Crippen LogP contribution in [0.15, 0.2) is 24.3 Å². The minimum Gasteiger partial charge on any atom is -0.310 e. The van der Waals surface area contributed by atoms with Crippen LogP contribution in [0.1, 0.15) is 29.7 Å². The summed E-state index contributed by atoms with van der Waals surface area (Å²) in [5.74, 6) is 1.82. The van der Waals surface area contributed by atoms with E-state index < -0.39 is 10.8 Å². The van der Waals surface area contributed by atoms with E-state index in [2.05, 4.69) is 10.4 Å². The van der Waals surface area contributed by atoms with Gasteiger partial charge in [0, 0.05) is 22.3 Å². The Balaban J connectivity index is 1.77. The number of nitrogens with zero attached hydrogens (tertiary/aromatic N) is 2. The van der Waals surface area contributed by atoms with Crippen molar-refractivity contribution >= 4 is 22.5 Å². The number of amides is 1. The van der Waals surface area contributed by atoms with Gasteiger partial charge in [-0.05, 0) is 31.9 Å². The smallest absolute Gasteiger partial charge is 0.228 e. The molecule has 0 saturated heterocycles. The molecule has 0 spiro atoms. The fourth-order valence-electron chi connectivity index (χ4n) is 2.69. The van der Waals surface area contributed by atoms with E-state index in [1.807, 2.05) is 31.2 Å². The minimum absolute atomic E-state index is 0.0498. The van der Waals surface area contributed by atoms with Crippen molar-refractivity contribution in [1.82, 2.24) is 9.78 Å². The average molecular weight is 315 g/mol. The number of benzene rings is 1. The number of hydrogen-bond acceptors (Lipinski definition) is 3. The number of carbonyl (C=O) groups excluding carboxylic acids is 1. The molecule has 1 amide bonds.